The highest BCUT2D eigenvalue weighted by molar-refractivity contribution is 5.94. The lowest BCUT2D eigenvalue weighted by Gasteiger charge is -2.42. The van der Waals surface area contributed by atoms with Gasteiger partial charge in [0.15, 0.2) is 0 Å². The first-order valence-corrected chi connectivity index (χ1v) is 9.04. The van der Waals surface area contributed by atoms with Gasteiger partial charge in [0.05, 0.1) is 5.56 Å². The standard InChI is InChI=1S/C18H24N4O5/c1-27-18(17(26)22-8-4-15(24)19-7-11-22)5-9-21(10-6-18)16(25)13-2-3-14(23)20-12-13/h2-3,12H,4-11H2,1H3,(H,19,24)(H,20,23). The van der Waals surface area contributed by atoms with Gasteiger partial charge in [0.1, 0.15) is 5.60 Å². The maximum Gasteiger partial charge on any atom is 0.255 e. The lowest BCUT2D eigenvalue weighted by Crippen LogP contribution is -2.57. The predicted octanol–water partition coefficient (Wildman–Crippen LogP) is -0.655. The number of carbonyl (C=O) groups is 3. The number of hydrogen-bond acceptors (Lipinski definition) is 5. The summed E-state index contributed by atoms with van der Waals surface area (Å²) in [6.45, 7) is 2.01. The Bertz CT molecular complexity index is 762. The lowest BCUT2D eigenvalue weighted by molar-refractivity contribution is -0.160. The fourth-order valence-electron chi connectivity index (χ4n) is 3.56. The number of hydrogen-bond donors (Lipinski definition) is 2. The molecule has 0 saturated carbocycles. The second kappa shape index (κ2) is 7.91. The molecule has 9 nitrogen and oxygen atoms in total. The van der Waals surface area contributed by atoms with E-state index >= 15 is 0 Å². The van der Waals surface area contributed by atoms with E-state index in [0.717, 1.165) is 0 Å². The third-order valence-electron chi connectivity index (χ3n) is 5.27. The highest BCUT2D eigenvalue weighted by Gasteiger charge is 2.45. The van der Waals surface area contributed by atoms with Crippen molar-refractivity contribution in [1.82, 2.24) is 20.1 Å². The van der Waals surface area contributed by atoms with E-state index in [4.69, 9.17) is 4.74 Å². The first-order chi connectivity index (χ1) is 12.9. The lowest BCUT2D eigenvalue weighted by atomic mass is 9.89. The molecule has 0 atom stereocenters. The molecular formula is C18H24N4O5. The summed E-state index contributed by atoms with van der Waals surface area (Å²) in [5, 5.41) is 2.76. The van der Waals surface area contributed by atoms with Gasteiger partial charge in [-0.3, -0.25) is 19.2 Å². The minimum Gasteiger partial charge on any atom is -0.368 e. The Morgan fingerprint density at radius 2 is 1.81 bits per heavy atom. The molecule has 0 bridgehead atoms. The number of nitrogens with zero attached hydrogens (tertiary/aromatic N) is 2. The summed E-state index contributed by atoms with van der Waals surface area (Å²) < 4.78 is 5.63. The summed E-state index contributed by atoms with van der Waals surface area (Å²) in [4.78, 5) is 54.1. The molecule has 1 aromatic heterocycles. The first kappa shape index (κ1) is 19.1. The monoisotopic (exact) mass is 376 g/mol. The Kier molecular flexibility index (Phi) is 5.59. The fraction of sp³-hybridized carbons (Fsp3) is 0.556. The normalized spacial score (nSPS) is 20.0. The summed E-state index contributed by atoms with van der Waals surface area (Å²) in [6.07, 6.45) is 2.45. The van der Waals surface area contributed by atoms with E-state index in [-0.39, 0.29) is 29.7 Å². The van der Waals surface area contributed by atoms with Crippen LogP contribution in [0.3, 0.4) is 0 Å². The molecule has 3 heterocycles. The van der Waals surface area contributed by atoms with Crippen molar-refractivity contribution in [2.24, 2.45) is 0 Å². The Hall–Kier alpha value is -2.68. The minimum absolute atomic E-state index is 0.0573. The molecule has 0 unspecified atom stereocenters. The second-order valence-electron chi connectivity index (χ2n) is 6.82. The molecule has 0 aromatic carbocycles. The van der Waals surface area contributed by atoms with E-state index in [9.17, 15) is 19.2 Å². The number of aromatic nitrogens is 1. The van der Waals surface area contributed by atoms with Crippen molar-refractivity contribution in [3.05, 3.63) is 34.2 Å². The molecule has 2 aliphatic heterocycles. The molecule has 2 N–H and O–H groups in total. The number of ether oxygens (including phenoxy) is 1. The summed E-state index contributed by atoms with van der Waals surface area (Å²) in [7, 11) is 1.51. The maximum atomic E-state index is 13.1. The van der Waals surface area contributed by atoms with Crippen LogP contribution in [0.25, 0.3) is 0 Å². The van der Waals surface area contributed by atoms with Crippen molar-refractivity contribution in [3.8, 4) is 0 Å². The maximum absolute atomic E-state index is 13.1. The van der Waals surface area contributed by atoms with Gasteiger partial charge in [-0.05, 0) is 6.07 Å². The van der Waals surface area contributed by atoms with E-state index in [1.807, 2.05) is 0 Å². The number of likely N-dealkylation sites (tertiary alicyclic amines) is 1. The van der Waals surface area contributed by atoms with Gasteiger partial charge in [-0.15, -0.1) is 0 Å². The van der Waals surface area contributed by atoms with Gasteiger partial charge in [-0.1, -0.05) is 0 Å². The number of rotatable bonds is 3. The molecule has 0 spiro atoms. The van der Waals surface area contributed by atoms with E-state index in [1.54, 1.807) is 9.80 Å². The van der Waals surface area contributed by atoms with Gasteiger partial charge >= 0.3 is 0 Å². The summed E-state index contributed by atoms with van der Waals surface area (Å²) in [6, 6.07) is 2.81. The summed E-state index contributed by atoms with van der Waals surface area (Å²) in [5.74, 6) is -0.372. The zero-order chi connectivity index (χ0) is 19.4. The fourth-order valence-corrected chi connectivity index (χ4v) is 3.56. The number of piperidine rings is 1. The third kappa shape index (κ3) is 4.02. The molecule has 3 rings (SSSR count). The smallest absolute Gasteiger partial charge is 0.255 e. The van der Waals surface area contributed by atoms with Crippen LogP contribution >= 0.6 is 0 Å². The zero-order valence-corrected chi connectivity index (χ0v) is 15.3. The number of pyridine rings is 1. The SMILES string of the molecule is COC1(C(=O)N2CCNC(=O)CC2)CCN(C(=O)c2ccc(=O)[nH]c2)CC1. The zero-order valence-electron chi connectivity index (χ0n) is 15.3. The average molecular weight is 376 g/mol. The van der Waals surface area contributed by atoms with Gasteiger partial charge < -0.3 is 24.8 Å². The molecule has 0 aliphatic carbocycles. The highest BCUT2D eigenvalue weighted by Crippen LogP contribution is 2.29. The first-order valence-electron chi connectivity index (χ1n) is 9.04. The minimum atomic E-state index is -0.977. The van der Waals surface area contributed by atoms with E-state index in [2.05, 4.69) is 10.3 Å². The number of carbonyl (C=O) groups excluding carboxylic acids is 3. The van der Waals surface area contributed by atoms with Crippen LogP contribution in [-0.4, -0.2) is 77.9 Å². The number of H-pyrrole nitrogens is 1. The molecule has 9 heteroatoms. The van der Waals surface area contributed by atoms with Crippen molar-refractivity contribution < 1.29 is 19.1 Å². The summed E-state index contributed by atoms with van der Waals surface area (Å²) >= 11 is 0. The van der Waals surface area contributed by atoms with Crippen LogP contribution in [0.1, 0.15) is 29.6 Å². The molecule has 1 aromatic rings. The molecule has 146 valence electrons. The van der Waals surface area contributed by atoms with Gasteiger partial charge in [0.25, 0.3) is 11.8 Å². The number of nitrogens with one attached hydrogen (secondary N) is 2. The van der Waals surface area contributed by atoms with Gasteiger partial charge in [0, 0.05) is 71.4 Å². The molecule has 2 aliphatic rings. The molecule has 3 amide bonds. The Morgan fingerprint density at radius 1 is 1.07 bits per heavy atom. The average Bonchev–Trinajstić information content (AvgIpc) is 2.92. The quantitative estimate of drug-likeness (QED) is 0.728. The third-order valence-corrected chi connectivity index (χ3v) is 5.27. The van der Waals surface area contributed by atoms with Crippen molar-refractivity contribution in [2.45, 2.75) is 24.9 Å². The van der Waals surface area contributed by atoms with Crippen LogP contribution < -0.4 is 10.9 Å². The van der Waals surface area contributed by atoms with Crippen molar-refractivity contribution in [3.63, 3.8) is 0 Å². The molecule has 2 saturated heterocycles. The summed E-state index contributed by atoms with van der Waals surface area (Å²) in [5.41, 5.74) is -0.836. The topological polar surface area (TPSA) is 112 Å². The van der Waals surface area contributed by atoms with Crippen molar-refractivity contribution in [2.75, 3.05) is 39.8 Å². The van der Waals surface area contributed by atoms with Crippen LogP contribution in [0.4, 0.5) is 0 Å². The van der Waals surface area contributed by atoms with E-state index in [1.165, 1.54) is 25.4 Å². The molecule has 0 radical (unpaired) electrons. The number of aromatic amines is 1. The predicted molar refractivity (Wildman–Crippen MR) is 96.1 cm³/mol. The Balaban J connectivity index is 1.66. The van der Waals surface area contributed by atoms with Gasteiger partial charge in [-0.2, -0.15) is 0 Å². The Labute approximate surface area is 156 Å². The number of amides is 3. The number of methoxy groups -OCH3 is 1. The highest BCUT2D eigenvalue weighted by atomic mass is 16.5. The van der Waals surface area contributed by atoms with Crippen LogP contribution in [-0.2, 0) is 14.3 Å². The van der Waals surface area contributed by atoms with Gasteiger partial charge in [-0.25, -0.2) is 0 Å². The van der Waals surface area contributed by atoms with Crippen molar-refractivity contribution in [1.29, 1.82) is 0 Å². The Morgan fingerprint density at radius 3 is 2.44 bits per heavy atom. The van der Waals surface area contributed by atoms with E-state index < -0.39 is 5.60 Å². The molecule has 27 heavy (non-hydrogen) atoms. The molecule has 2 fully saturated rings. The molecular weight excluding hydrogens is 352 g/mol. The second-order valence-corrected chi connectivity index (χ2v) is 6.82. The van der Waals surface area contributed by atoms with Crippen molar-refractivity contribution >= 4 is 17.7 Å². The van der Waals surface area contributed by atoms with Crippen LogP contribution in [0.5, 0.6) is 0 Å². The van der Waals surface area contributed by atoms with Crippen LogP contribution in [0.15, 0.2) is 23.1 Å². The van der Waals surface area contributed by atoms with Crippen LogP contribution in [0, 0.1) is 0 Å². The van der Waals surface area contributed by atoms with Gasteiger partial charge in [0.2, 0.25) is 11.5 Å². The van der Waals surface area contributed by atoms with E-state index in [0.29, 0.717) is 51.1 Å². The van der Waals surface area contributed by atoms with Crippen LogP contribution in [0.2, 0.25) is 0 Å². The largest absolute Gasteiger partial charge is 0.368 e.